The van der Waals surface area contributed by atoms with Gasteiger partial charge in [-0.2, -0.15) is 0 Å². The highest BCUT2D eigenvalue weighted by molar-refractivity contribution is 6.05. The van der Waals surface area contributed by atoms with E-state index in [1.165, 1.54) is 30.5 Å². The number of carbonyl (C=O) groups excluding carboxylic acids is 2. The van der Waals surface area contributed by atoms with Crippen molar-refractivity contribution in [2.24, 2.45) is 5.92 Å². The third kappa shape index (κ3) is 4.62. The van der Waals surface area contributed by atoms with Crippen molar-refractivity contribution in [3.8, 4) is 0 Å². The Morgan fingerprint density at radius 3 is 2.58 bits per heavy atom. The van der Waals surface area contributed by atoms with E-state index in [1.54, 1.807) is 6.92 Å². The fourth-order valence-electron chi connectivity index (χ4n) is 2.84. The van der Waals surface area contributed by atoms with Crippen molar-refractivity contribution < 1.29 is 18.4 Å². The van der Waals surface area contributed by atoms with Gasteiger partial charge in [-0.15, -0.1) is 12.4 Å². The number of piperidine rings is 1. The molecule has 1 fully saturated rings. The van der Waals surface area contributed by atoms with Gasteiger partial charge in [0.05, 0.1) is 17.5 Å². The molecule has 1 saturated heterocycles. The second-order valence-electron chi connectivity index (χ2n) is 6.05. The maximum Gasteiger partial charge on any atom is 0.259 e. The number of carbonyl (C=O) groups is 2. The fourth-order valence-corrected chi connectivity index (χ4v) is 2.84. The van der Waals surface area contributed by atoms with Crippen LogP contribution in [0, 0.1) is 18.7 Å². The molecule has 0 spiro atoms. The van der Waals surface area contributed by atoms with Gasteiger partial charge < -0.3 is 20.4 Å². The van der Waals surface area contributed by atoms with Crippen molar-refractivity contribution in [2.75, 3.05) is 23.7 Å². The first kappa shape index (κ1) is 19.9. The van der Waals surface area contributed by atoms with E-state index < -0.39 is 11.7 Å². The average molecular weight is 382 g/mol. The molecule has 3 rings (SSSR count). The molecule has 8 heteroatoms. The van der Waals surface area contributed by atoms with E-state index in [0.717, 1.165) is 25.9 Å². The lowest BCUT2D eigenvalue weighted by atomic mass is 9.97. The smallest absolute Gasteiger partial charge is 0.259 e. The van der Waals surface area contributed by atoms with E-state index in [-0.39, 0.29) is 29.9 Å². The molecule has 140 valence electrons. The molecule has 1 aliphatic rings. The van der Waals surface area contributed by atoms with Gasteiger partial charge in [0, 0.05) is 11.6 Å². The summed E-state index contributed by atoms with van der Waals surface area (Å²) in [5, 5.41) is 8.51. The third-order valence-electron chi connectivity index (χ3n) is 4.30. The minimum absolute atomic E-state index is 0. The zero-order chi connectivity index (χ0) is 17.8. The molecule has 2 aromatic rings. The minimum atomic E-state index is -0.575. The highest BCUT2D eigenvalue weighted by Gasteiger charge is 2.21. The Morgan fingerprint density at radius 1 is 1.19 bits per heavy atom. The van der Waals surface area contributed by atoms with E-state index in [2.05, 4.69) is 16.0 Å². The van der Waals surface area contributed by atoms with Crippen molar-refractivity contribution in [1.29, 1.82) is 0 Å². The van der Waals surface area contributed by atoms with E-state index >= 15 is 0 Å². The van der Waals surface area contributed by atoms with Gasteiger partial charge in [-0.05, 0) is 57.1 Å². The SMILES string of the molecule is Cc1occc1C(=O)Nc1cc(NC(=O)C2CCNCC2)ccc1F.Cl. The molecule has 6 nitrogen and oxygen atoms in total. The second kappa shape index (κ2) is 8.82. The molecule has 1 aromatic heterocycles. The largest absolute Gasteiger partial charge is 0.469 e. The predicted molar refractivity (Wildman–Crippen MR) is 99.3 cm³/mol. The Morgan fingerprint density at radius 2 is 1.92 bits per heavy atom. The standard InChI is InChI=1S/C18H20FN3O3.ClH/c1-11-14(6-9-25-11)18(24)22-16-10-13(2-3-15(16)19)21-17(23)12-4-7-20-8-5-12;/h2-3,6,9-10,12,20H,4-5,7-8H2,1H3,(H,21,23)(H,22,24);1H. The van der Waals surface area contributed by atoms with Crippen molar-refractivity contribution in [2.45, 2.75) is 19.8 Å². The topological polar surface area (TPSA) is 83.4 Å². The molecule has 2 heterocycles. The molecule has 26 heavy (non-hydrogen) atoms. The first-order valence-corrected chi connectivity index (χ1v) is 8.21. The fraction of sp³-hybridized carbons (Fsp3) is 0.333. The summed E-state index contributed by atoms with van der Waals surface area (Å²) in [6.45, 7) is 3.28. The van der Waals surface area contributed by atoms with Crippen molar-refractivity contribution in [1.82, 2.24) is 5.32 Å². The molecule has 3 N–H and O–H groups in total. The van der Waals surface area contributed by atoms with Crippen molar-refractivity contribution in [3.05, 3.63) is 47.7 Å². The third-order valence-corrected chi connectivity index (χ3v) is 4.30. The monoisotopic (exact) mass is 381 g/mol. The molecule has 2 amide bonds. The van der Waals surface area contributed by atoms with Gasteiger partial charge in [0.1, 0.15) is 11.6 Å². The number of furan rings is 1. The lowest BCUT2D eigenvalue weighted by molar-refractivity contribution is -0.120. The van der Waals surface area contributed by atoms with E-state index in [1.807, 2.05) is 0 Å². The van der Waals surface area contributed by atoms with Crippen LogP contribution in [-0.2, 0) is 4.79 Å². The van der Waals surface area contributed by atoms with Crippen LogP contribution in [0.4, 0.5) is 15.8 Å². The lowest BCUT2D eigenvalue weighted by Crippen LogP contribution is -2.34. The molecule has 0 radical (unpaired) electrons. The van der Waals surface area contributed by atoms with E-state index in [9.17, 15) is 14.0 Å². The van der Waals surface area contributed by atoms with Crippen LogP contribution in [0.2, 0.25) is 0 Å². The number of hydrogen-bond acceptors (Lipinski definition) is 4. The highest BCUT2D eigenvalue weighted by atomic mass is 35.5. The van der Waals surface area contributed by atoms with Crippen molar-refractivity contribution >= 4 is 35.6 Å². The number of anilines is 2. The Hall–Kier alpha value is -2.38. The lowest BCUT2D eigenvalue weighted by Gasteiger charge is -2.22. The van der Waals surface area contributed by atoms with Crippen LogP contribution in [0.15, 0.2) is 34.9 Å². The van der Waals surface area contributed by atoms with Crippen LogP contribution in [0.25, 0.3) is 0 Å². The van der Waals surface area contributed by atoms with Crippen LogP contribution in [0.1, 0.15) is 29.0 Å². The number of halogens is 2. The van der Waals surface area contributed by atoms with Gasteiger partial charge in [0.2, 0.25) is 5.91 Å². The summed E-state index contributed by atoms with van der Waals surface area (Å²) in [4.78, 5) is 24.5. The first-order valence-electron chi connectivity index (χ1n) is 8.21. The molecule has 0 saturated carbocycles. The number of hydrogen-bond donors (Lipinski definition) is 3. The van der Waals surface area contributed by atoms with Crippen LogP contribution in [-0.4, -0.2) is 24.9 Å². The minimum Gasteiger partial charge on any atom is -0.469 e. The summed E-state index contributed by atoms with van der Waals surface area (Å²) in [5.74, 6) is -0.733. The highest BCUT2D eigenvalue weighted by Crippen LogP contribution is 2.23. The number of rotatable bonds is 4. The van der Waals surface area contributed by atoms with Gasteiger partial charge in [-0.25, -0.2) is 4.39 Å². The number of benzene rings is 1. The predicted octanol–water partition coefficient (Wildman–Crippen LogP) is 3.34. The first-order chi connectivity index (χ1) is 12.0. The Bertz CT molecular complexity index is 788. The summed E-state index contributed by atoms with van der Waals surface area (Å²) >= 11 is 0. The molecular weight excluding hydrogens is 361 g/mol. The van der Waals surface area contributed by atoms with Gasteiger partial charge >= 0.3 is 0 Å². The molecule has 0 aliphatic carbocycles. The average Bonchev–Trinajstić information content (AvgIpc) is 3.04. The van der Waals surface area contributed by atoms with Crippen LogP contribution in [0.3, 0.4) is 0 Å². The summed E-state index contributed by atoms with van der Waals surface area (Å²) in [7, 11) is 0. The van der Waals surface area contributed by atoms with Crippen molar-refractivity contribution in [3.63, 3.8) is 0 Å². The van der Waals surface area contributed by atoms with E-state index in [4.69, 9.17) is 4.42 Å². The number of amides is 2. The van der Waals surface area contributed by atoms with Gasteiger partial charge in [-0.1, -0.05) is 0 Å². The summed E-state index contributed by atoms with van der Waals surface area (Å²) in [6, 6.07) is 5.63. The maximum atomic E-state index is 14.0. The zero-order valence-electron chi connectivity index (χ0n) is 14.3. The summed E-state index contributed by atoms with van der Waals surface area (Å²) in [6.07, 6.45) is 2.95. The molecule has 0 bridgehead atoms. The molecule has 1 aliphatic heterocycles. The Labute approximate surface area is 156 Å². The maximum absolute atomic E-state index is 14.0. The van der Waals surface area contributed by atoms with Gasteiger partial charge in [0.25, 0.3) is 5.91 Å². The molecule has 0 atom stereocenters. The summed E-state index contributed by atoms with van der Waals surface area (Å²) in [5.41, 5.74) is 0.793. The Kier molecular flexibility index (Phi) is 6.76. The van der Waals surface area contributed by atoms with Crippen LogP contribution in [0.5, 0.6) is 0 Å². The van der Waals surface area contributed by atoms with Crippen LogP contribution >= 0.6 is 12.4 Å². The van der Waals surface area contributed by atoms with Crippen LogP contribution < -0.4 is 16.0 Å². The van der Waals surface area contributed by atoms with Gasteiger partial charge in [-0.3, -0.25) is 9.59 Å². The zero-order valence-corrected chi connectivity index (χ0v) is 15.1. The number of nitrogens with one attached hydrogen (secondary N) is 3. The second-order valence-corrected chi connectivity index (χ2v) is 6.05. The Balaban J connectivity index is 0.00000243. The summed E-state index contributed by atoms with van der Waals surface area (Å²) < 4.78 is 19.1. The molecule has 0 unspecified atom stereocenters. The number of aryl methyl sites for hydroxylation is 1. The van der Waals surface area contributed by atoms with E-state index in [0.29, 0.717) is 17.0 Å². The van der Waals surface area contributed by atoms with Gasteiger partial charge in [0.15, 0.2) is 0 Å². The molecule has 1 aromatic carbocycles. The quantitative estimate of drug-likeness (QED) is 0.758. The normalized spacial score (nSPS) is 14.4. The molecular formula is C18H21ClFN3O3.